The second-order valence-electron chi connectivity index (χ2n) is 7.05. The van der Waals surface area contributed by atoms with Crippen LogP contribution in [-0.2, 0) is 0 Å². The van der Waals surface area contributed by atoms with Crippen LogP contribution in [0, 0.1) is 6.92 Å². The first-order chi connectivity index (χ1) is 13.5. The Bertz CT molecular complexity index is 1080. The summed E-state index contributed by atoms with van der Waals surface area (Å²) in [6, 6.07) is 10.2. The van der Waals surface area contributed by atoms with E-state index in [9.17, 15) is 9.59 Å². The summed E-state index contributed by atoms with van der Waals surface area (Å²) in [5.74, 6) is 1.20. The van der Waals surface area contributed by atoms with Crippen molar-refractivity contribution in [2.75, 3.05) is 26.2 Å². The molecule has 0 radical (unpaired) electrons. The first-order valence-corrected chi connectivity index (χ1v) is 9.70. The van der Waals surface area contributed by atoms with E-state index in [2.05, 4.69) is 18.7 Å². The third kappa shape index (κ3) is 2.94. The van der Waals surface area contributed by atoms with E-state index in [-0.39, 0.29) is 17.1 Å². The predicted molar refractivity (Wildman–Crippen MR) is 107 cm³/mol. The average molecular weight is 380 g/mol. The molecule has 4 rings (SSSR count). The maximum atomic E-state index is 13.3. The maximum Gasteiger partial charge on any atom is 0.291 e. The topological polar surface area (TPSA) is 66.9 Å². The van der Waals surface area contributed by atoms with Gasteiger partial charge >= 0.3 is 0 Å². The quantitative estimate of drug-likeness (QED) is 0.654. The van der Waals surface area contributed by atoms with Crippen molar-refractivity contribution in [3.8, 4) is 0 Å². The van der Waals surface area contributed by atoms with Gasteiger partial charge in [0.15, 0.2) is 5.43 Å². The molecule has 28 heavy (non-hydrogen) atoms. The summed E-state index contributed by atoms with van der Waals surface area (Å²) >= 11 is 0. The number of amides is 1. The first-order valence-electron chi connectivity index (χ1n) is 9.70. The molecule has 0 fully saturated rings. The summed E-state index contributed by atoms with van der Waals surface area (Å²) in [5.41, 5.74) is 0.631. The maximum absolute atomic E-state index is 13.3. The number of aryl methyl sites for hydroxylation is 1. The molecule has 0 N–H and O–H groups in total. The van der Waals surface area contributed by atoms with E-state index in [1.54, 1.807) is 29.2 Å². The average Bonchev–Trinajstić information content (AvgIpc) is 3.25. The zero-order valence-electron chi connectivity index (χ0n) is 16.4. The molecule has 0 spiro atoms. The van der Waals surface area contributed by atoms with Gasteiger partial charge in [-0.2, -0.15) is 0 Å². The van der Waals surface area contributed by atoms with Crippen molar-refractivity contribution >= 4 is 16.9 Å². The highest BCUT2D eigenvalue weighted by atomic mass is 16.4. The van der Waals surface area contributed by atoms with E-state index in [4.69, 9.17) is 8.83 Å². The van der Waals surface area contributed by atoms with E-state index in [1.807, 2.05) is 19.1 Å². The summed E-state index contributed by atoms with van der Waals surface area (Å²) in [6.45, 7) is 9.05. The Morgan fingerprint density at radius 3 is 2.46 bits per heavy atom. The van der Waals surface area contributed by atoms with Crippen LogP contribution in [0.3, 0.4) is 0 Å². The predicted octanol–water partition coefficient (Wildman–Crippen LogP) is 3.58. The molecule has 0 unspecified atom stereocenters. The molecule has 1 aliphatic heterocycles. The Labute approximate surface area is 163 Å². The largest absolute Gasteiger partial charge is 0.464 e. The smallest absolute Gasteiger partial charge is 0.291 e. The molecule has 6 heteroatoms. The molecule has 1 atom stereocenters. The molecule has 1 aliphatic rings. The van der Waals surface area contributed by atoms with Gasteiger partial charge in [0.05, 0.1) is 10.9 Å². The highest BCUT2D eigenvalue weighted by Gasteiger charge is 2.44. The molecule has 3 heterocycles. The van der Waals surface area contributed by atoms with E-state index in [0.717, 1.165) is 25.4 Å². The number of carbonyl (C=O) groups excluding carboxylic acids is 1. The zero-order valence-corrected chi connectivity index (χ0v) is 16.4. The summed E-state index contributed by atoms with van der Waals surface area (Å²) in [6.07, 6.45) is 0. The van der Waals surface area contributed by atoms with E-state index in [1.165, 1.54) is 0 Å². The molecule has 0 saturated heterocycles. The fourth-order valence-electron chi connectivity index (χ4n) is 3.88. The lowest BCUT2D eigenvalue weighted by molar-refractivity contribution is 0.0693. The van der Waals surface area contributed by atoms with Crippen molar-refractivity contribution in [1.29, 1.82) is 0 Å². The Kier molecular flexibility index (Phi) is 4.81. The Morgan fingerprint density at radius 2 is 1.79 bits per heavy atom. The second-order valence-corrected chi connectivity index (χ2v) is 7.05. The number of para-hydroxylation sites is 1. The van der Waals surface area contributed by atoms with Gasteiger partial charge in [0.25, 0.3) is 5.91 Å². The molecular weight excluding hydrogens is 356 g/mol. The molecule has 0 aliphatic carbocycles. The molecule has 1 aromatic carbocycles. The number of nitrogens with zero attached hydrogens (tertiary/aromatic N) is 2. The highest BCUT2D eigenvalue weighted by molar-refractivity contribution is 5.98. The number of hydrogen-bond acceptors (Lipinski definition) is 5. The molecule has 0 bridgehead atoms. The summed E-state index contributed by atoms with van der Waals surface area (Å²) < 4.78 is 11.7. The molecule has 0 saturated carbocycles. The van der Waals surface area contributed by atoms with Gasteiger partial charge in [0.2, 0.25) is 5.76 Å². The summed E-state index contributed by atoms with van der Waals surface area (Å²) in [5, 5.41) is 0.480. The summed E-state index contributed by atoms with van der Waals surface area (Å²) in [4.78, 5) is 30.4. The molecule has 146 valence electrons. The monoisotopic (exact) mass is 380 g/mol. The molecule has 3 aromatic rings. The van der Waals surface area contributed by atoms with Gasteiger partial charge in [-0.15, -0.1) is 0 Å². The van der Waals surface area contributed by atoms with Crippen LogP contribution in [0.5, 0.6) is 0 Å². The number of fused-ring (bicyclic) bond motifs is 2. The standard InChI is InChI=1S/C22H24N2O4/c1-4-23(5-2)12-13-24-19(17-11-10-14(3)27-17)18-20(25)15-8-6-7-9-16(15)28-21(18)22(24)26/h6-11,19H,4-5,12-13H2,1-3H3/t19-/m0/s1. The third-order valence-corrected chi connectivity index (χ3v) is 5.46. The first kappa shape index (κ1) is 18.5. The van der Waals surface area contributed by atoms with Gasteiger partial charge in [-0.05, 0) is 44.3 Å². The Balaban J connectivity index is 1.85. The van der Waals surface area contributed by atoms with Crippen LogP contribution >= 0.6 is 0 Å². The van der Waals surface area contributed by atoms with Gasteiger partial charge in [-0.1, -0.05) is 26.0 Å². The lowest BCUT2D eigenvalue weighted by atomic mass is 10.0. The van der Waals surface area contributed by atoms with Crippen LogP contribution in [0.2, 0.25) is 0 Å². The molecule has 1 amide bonds. The van der Waals surface area contributed by atoms with Crippen molar-refractivity contribution in [2.24, 2.45) is 0 Å². The van der Waals surface area contributed by atoms with E-state index >= 15 is 0 Å². The minimum Gasteiger partial charge on any atom is -0.464 e. The van der Waals surface area contributed by atoms with Crippen molar-refractivity contribution in [1.82, 2.24) is 9.80 Å². The molecule has 6 nitrogen and oxygen atoms in total. The van der Waals surface area contributed by atoms with Gasteiger partial charge in [0, 0.05) is 13.1 Å². The van der Waals surface area contributed by atoms with E-state index in [0.29, 0.717) is 28.8 Å². The highest BCUT2D eigenvalue weighted by Crippen LogP contribution is 2.38. The van der Waals surface area contributed by atoms with Crippen LogP contribution in [-0.4, -0.2) is 41.9 Å². The molecular formula is C22H24N2O4. The lowest BCUT2D eigenvalue weighted by Crippen LogP contribution is -2.37. The normalized spacial score (nSPS) is 16.4. The van der Waals surface area contributed by atoms with Gasteiger partial charge < -0.3 is 18.6 Å². The van der Waals surface area contributed by atoms with Crippen LogP contribution in [0.15, 0.2) is 50.0 Å². The Hall–Kier alpha value is -2.86. The van der Waals surface area contributed by atoms with Crippen LogP contribution < -0.4 is 5.43 Å². The zero-order chi connectivity index (χ0) is 19.8. The number of likely N-dealkylation sites (N-methyl/N-ethyl adjacent to an activating group) is 1. The number of hydrogen-bond donors (Lipinski definition) is 0. The van der Waals surface area contributed by atoms with Gasteiger partial charge in [-0.3, -0.25) is 9.59 Å². The third-order valence-electron chi connectivity index (χ3n) is 5.46. The van der Waals surface area contributed by atoms with Gasteiger partial charge in [0.1, 0.15) is 23.1 Å². The second kappa shape index (κ2) is 7.28. The minimum atomic E-state index is -0.562. The number of rotatable bonds is 6. The van der Waals surface area contributed by atoms with Crippen molar-refractivity contribution < 1.29 is 13.6 Å². The fourth-order valence-corrected chi connectivity index (χ4v) is 3.88. The number of benzene rings is 1. The minimum absolute atomic E-state index is 0.127. The van der Waals surface area contributed by atoms with Crippen LogP contribution in [0.25, 0.3) is 11.0 Å². The number of carbonyl (C=O) groups is 1. The molecule has 2 aromatic heterocycles. The summed E-state index contributed by atoms with van der Waals surface area (Å²) in [7, 11) is 0. The fraction of sp³-hybridized carbons (Fsp3) is 0.364. The van der Waals surface area contributed by atoms with Crippen LogP contribution in [0.4, 0.5) is 0 Å². The Morgan fingerprint density at radius 1 is 1.04 bits per heavy atom. The van der Waals surface area contributed by atoms with E-state index < -0.39 is 6.04 Å². The van der Waals surface area contributed by atoms with Crippen LogP contribution in [0.1, 0.15) is 47.5 Å². The van der Waals surface area contributed by atoms with Crippen molar-refractivity contribution in [3.05, 3.63) is 69.5 Å². The lowest BCUT2D eigenvalue weighted by Gasteiger charge is -2.26. The van der Waals surface area contributed by atoms with Gasteiger partial charge in [-0.25, -0.2) is 0 Å². The SMILES string of the molecule is CCN(CC)CCN1C(=O)c2oc3ccccc3c(=O)c2[C@@H]1c1ccc(C)o1. The number of furan rings is 1. The van der Waals surface area contributed by atoms with Crippen molar-refractivity contribution in [2.45, 2.75) is 26.8 Å². The van der Waals surface area contributed by atoms with Crippen molar-refractivity contribution in [3.63, 3.8) is 0 Å².